The lowest BCUT2D eigenvalue weighted by Crippen LogP contribution is -2.22. The summed E-state index contributed by atoms with van der Waals surface area (Å²) in [5.74, 6) is 1.09. The van der Waals surface area contributed by atoms with E-state index >= 15 is 0 Å². The van der Waals surface area contributed by atoms with Crippen LogP contribution in [0.3, 0.4) is 0 Å². The SMILES string of the molecule is COc1ccccc1NC(=O)CNc1cccc(OCc2cccc(C#N)c2)c1. The zero-order valence-corrected chi connectivity index (χ0v) is 16.0. The van der Waals surface area contributed by atoms with Gasteiger partial charge in [0.15, 0.2) is 0 Å². The molecule has 29 heavy (non-hydrogen) atoms. The van der Waals surface area contributed by atoms with Crippen LogP contribution >= 0.6 is 0 Å². The minimum atomic E-state index is -0.186. The molecule has 0 heterocycles. The molecule has 0 aliphatic rings. The minimum absolute atomic E-state index is 0.103. The number of para-hydroxylation sites is 2. The molecule has 0 fully saturated rings. The summed E-state index contributed by atoms with van der Waals surface area (Å²) in [7, 11) is 1.56. The third-order valence-electron chi connectivity index (χ3n) is 4.13. The highest BCUT2D eigenvalue weighted by molar-refractivity contribution is 5.95. The van der Waals surface area contributed by atoms with Crippen molar-refractivity contribution in [2.45, 2.75) is 6.61 Å². The van der Waals surface area contributed by atoms with Crippen molar-refractivity contribution in [2.24, 2.45) is 0 Å². The van der Waals surface area contributed by atoms with Gasteiger partial charge in [0.25, 0.3) is 0 Å². The Morgan fingerprint density at radius 3 is 2.69 bits per heavy atom. The Hall–Kier alpha value is -3.98. The average Bonchev–Trinajstić information content (AvgIpc) is 2.77. The fourth-order valence-electron chi connectivity index (χ4n) is 2.72. The van der Waals surface area contributed by atoms with Crippen molar-refractivity contribution in [1.29, 1.82) is 5.26 Å². The fourth-order valence-corrected chi connectivity index (χ4v) is 2.72. The van der Waals surface area contributed by atoms with Crippen LogP contribution in [0.2, 0.25) is 0 Å². The molecule has 0 saturated carbocycles. The highest BCUT2D eigenvalue weighted by Gasteiger charge is 2.07. The number of ether oxygens (including phenoxy) is 2. The number of carbonyl (C=O) groups is 1. The third kappa shape index (κ3) is 5.75. The van der Waals surface area contributed by atoms with E-state index in [4.69, 9.17) is 14.7 Å². The Bertz CT molecular complexity index is 1030. The van der Waals surface area contributed by atoms with Crippen molar-refractivity contribution in [1.82, 2.24) is 0 Å². The first kappa shape index (κ1) is 19.8. The second kappa shape index (κ2) is 9.81. The molecule has 146 valence electrons. The van der Waals surface area contributed by atoms with E-state index in [2.05, 4.69) is 16.7 Å². The highest BCUT2D eigenvalue weighted by Crippen LogP contribution is 2.23. The van der Waals surface area contributed by atoms with Crippen LogP contribution in [0.15, 0.2) is 72.8 Å². The molecule has 6 heteroatoms. The topological polar surface area (TPSA) is 83.4 Å². The zero-order valence-electron chi connectivity index (χ0n) is 16.0. The smallest absolute Gasteiger partial charge is 0.243 e. The molecular weight excluding hydrogens is 366 g/mol. The standard InChI is InChI=1S/C23H21N3O3/c1-28-22-11-3-2-10-21(22)26-23(27)15-25-19-8-5-9-20(13-19)29-16-18-7-4-6-17(12-18)14-24/h2-13,25H,15-16H2,1H3,(H,26,27). The molecule has 3 rings (SSSR count). The van der Waals surface area contributed by atoms with Crippen LogP contribution < -0.4 is 20.1 Å². The summed E-state index contributed by atoms with van der Waals surface area (Å²) in [5.41, 5.74) is 2.91. The van der Waals surface area contributed by atoms with Crippen molar-refractivity contribution in [2.75, 3.05) is 24.3 Å². The van der Waals surface area contributed by atoms with E-state index in [1.54, 1.807) is 31.4 Å². The Labute approximate surface area is 169 Å². The number of benzene rings is 3. The number of rotatable bonds is 8. The van der Waals surface area contributed by atoms with Gasteiger partial charge in [-0.3, -0.25) is 4.79 Å². The minimum Gasteiger partial charge on any atom is -0.495 e. The molecule has 2 N–H and O–H groups in total. The van der Waals surface area contributed by atoms with Crippen LogP contribution in [0.5, 0.6) is 11.5 Å². The maximum Gasteiger partial charge on any atom is 0.243 e. The Kier molecular flexibility index (Phi) is 6.69. The number of nitrogens with one attached hydrogen (secondary N) is 2. The first-order valence-electron chi connectivity index (χ1n) is 9.06. The van der Waals surface area contributed by atoms with Gasteiger partial charge >= 0.3 is 0 Å². The van der Waals surface area contributed by atoms with Gasteiger partial charge in [0.2, 0.25) is 5.91 Å². The number of amides is 1. The van der Waals surface area contributed by atoms with Crippen molar-refractivity contribution >= 4 is 17.3 Å². The van der Waals surface area contributed by atoms with E-state index in [1.165, 1.54) is 0 Å². The fraction of sp³-hybridized carbons (Fsp3) is 0.130. The van der Waals surface area contributed by atoms with E-state index in [9.17, 15) is 4.79 Å². The van der Waals surface area contributed by atoms with Gasteiger partial charge in [-0.05, 0) is 42.0 Å². The van der Waals surface area contributed by atoms with Crippen molar-refractivity contribution in [3.63, 3.8) is 0 Å². The van der Waals surface area contributed by atoms with Crippen LogP contribution in [0.1, 0.15) is 11.1 Å². The molecule has 3 aromatic rings. The quantitative estimate of drug-likeness (QED) is 0.605. The molecule has 3 aromatic carbocycles. The molecule has 0 unspecified atom stereocenters. The summed E-state index contributed by atoms with van der Waals surface area (Å²) in [6.07, 6.45) is 0. The molecule has 0 aromatic heterocycles. The van der Waals surface area contributed by atoms with Crippen LogP contribution in [0.4, 0.5) is 11.4 Å². The number of anilines is 2. The van der Waals surface area contributed by atoms with Crippen LogP contribution in [0.25, 0.3) is 0 Å². The Morgan fingerprint density at radius 1 is 1.03 bits per heavy atom. The first-order valence-corrected chi connectivity index (χ1v) is 9.06. The molecule has 0 aliphatic carbocycles. The summed E-state index contributed by atoms with van der Waals surface area (Å²) < 4.78 is 11.0. The molecule has 6 nitrogen and oxygen atoms in total. The molecule has 0 radical (unpaired) electrons. The lowest BCUT2D eigenvalue weighted by atomic mass is 10.1. The predicted octanol–water partition coefficient (Wildman–Crippen LogP) is 4.20. The molecular formula is C23H21N3O3. The lowest BCUT2D eigenvalue weighted by Gasteiger charge is -2.12. The second-order valence-electron chi connectivity index (χ2n) is 6.23. The molecule has 1 amide bonds. The van der Waals surface area contributed by atoms with E-state index < -0.39 is 0 Å². The largest absolute Gasteiger partial charge is 0.495 e. The monoisotopic (exact) mass is 387 g/mol. The van der Waals surface area contributed by atoms with Crippen molar-refractivity contribution in [3.05, 3.63) is 83.9 Å². The average molecular weight is 387 g/mol. The van der Waals surface area contributed by atoms with Crippen molar-refractivity contribution in [3.8, 4) is 17.6 Å². The van der Waals surface area contributed by atoms with Gasteiger partial charge in [-0.25, -0.2) is 0 Å². The third-order valence-corrected chi connectivity index (χ3v) is 4.13. The van der Waals surface area contributed by atoms with E-state index in [1.807, 2.05) is 48.5 Å². The summed E-state index contributed by atoms with van der Waals surface area (Å²) in [6.45, 7) is 0.457. The second-order valence-corrected chi connectivity index (χ2v) is 6.23. The van der Waals surface area contributed by atoms with E-state index in [-0.39, 0.29) is 12.5 Å². The number of nitrogens with zero attached hydrogens (tertiary/aromatic N) is 1. The maximum absolute atomic E-state index is 12.2. The van der Waals surface area contributed by atoms with Crippen LogP contribution in [-0.2, 0) is 11.4 Å². The summed E-state index contributed by atoms with van der Waals surface area (Å²) >= 11 is 0. The van der Waals surface area contributed by atoms with Gasteiger partial charge in [-0.15, -0.1) is 0 Å². The number of methoxy groups -OCH3 is 1. The molecule has 0 saturated heterocycles. The van der Waals surface area contributed by atoms with Crippen LogP contribution in [0, 0.1) is 11.3 Å². The van der Waals surface area contributed by atoms with Crippen molar-refractivity contribution < 1.29 is 14.3 Å². The summed E-state index contributed by atoms with van der Waals surface area (Å²) in [6, 6.07) is 24.0. The lowest BCUT2D eigenvalue weighted by molar-refractivity contribution is -0.114. The Balaban J connectivity index is 1.54. The predicted molar refractivity (Wildman–Crippen MR) is 112 cm³/mol. The number of hydrogen-bond donors (Lipinski definition) is 2. The molecule has 0 spiro atoms. The highest BCUT2D eigenvalue weighted by atomic mass is 16.5. The number of nitriles is 1. The van der Waals surface area contributed by atoms with Gasteiger partial charge in [0, 0.05) is 11.8 Å². The van der Waals surface area contributed by atoms with Crippen LogP contribution in [-0.4, -0.2) is 19.6 Å². The van der Waals surface area contributed by atoms with E-state index in [0.29, 0.717) is 29.4 Å². The Morgan fingerprint density at radius 2 is 1.86 bits per heavy atom. The molecule has 0 atom stereocenters. The summed E-state index contributed by atoms with van der Waals surface area (Å²) in [4.78, 5) is 12.2. The summed E-state index contributed by atoms with van der Waals surface area (Å²) in [5, 5.41) is 14.9. The van der Waals surface area contributed by atoms with E-state index in [0.717, 1.165) is 11.3 Å². The van der Waals surface area contributed by atoms with Gasteiger partial charge in [0.05, 0.1) is 31.0 Å². The van der Waals surface area contributed by atoms with Gasteiger partial charge in [0.1, 0.15) is 18.1 Å². The normalized spacial score (nSPS) is 9.93. The first-order chi connectivity index (χ1) is 14.2. The zero-order chi connectivity index (χ0) is 20.5. The molecule has 0 aliphatic heterocycles. The van der Waals surface area contributed by atoms with Gasteiger partial charge in [-0.2, -0.15) is 5.26 Å². The number of carbonyl (C=O) groups excluding carboxylic acids is 1. The number of hydrogen-bond acceptors (Lipinski definition) is 5. The molecule has 0 bridgehead atoms. The van der Waals surface area contributed by atoms with Gasteiger partial charge in [-0.1, -0.05) is 30.3 Å². The maximum atomic E-state index is 12.2. The van der Waals surface area contributed by atoms with Gasteiger partial charge < -0.3 is 20.1 Å².